The van der Waals surface area contributed by atoms with Gasteiger partial charge in [-0.2, -0.15) is 0 Å². The second kappa shape index (κ2) is 10.9. The molecule has 0 saturated carbocycles. The minimum Gasteiger partial charge on any atom is -0.493 e. The molecule has 7 heteroatoms. The number of amides is 2. The van der Waals surface area contributed by atoms with Crippen LogP contribution in [0.2, 0.25) is 0 Å². The van der Waals surface area contributed by atoms with E-state index in [-0.39, 0.29) is 18.4 Å². The van der Waals surface area contributed by atoms with E-state index in [1.807, 2.05) is 30.3 Å². The molecule has 1 N–H and O–H groups in total. The summed E-state index contributed by atoms with van der Waals surface area (Å²) in [6.07, 6.45) is 0. The first-order valence-corrected chi connectivity index (χ1v) is 8.90. The van der Waals surface area contributed by atoms with Crippen LogP contribution in [0.25, 0.3) is 0 Å². The number of ether oxygens (including phenoxy) is 3. The summed E-state index contributed by atoms with van der Waals surface area (Å²) in [6, 6.07) is 14.5. The molecule has 0 heterocycles. The molecular weight excluding hydrogens is 360 g/mol. The summed E-state index contributed by atoms with van der Waals surface area (Å²) < 4.78 is 15.5. The van der Waals surface area contributed by atoms with Crippen molar-refractivity contribution in [3.05, 3.63) is 59.7 Å². The van der Waals surface area contributed by atoms with E-state index < -0.39 is 0 Å². The number of nitrogens with one attached hydrogen (secondary N) is 1. The van der Waals surface area contributed by atoms with Gasteiger partial charge in [-0.1, -0.05) is 30.3 Å². The Morgan fingerprint density at radius 2 is 1.68 bits per heavy atom. The van der Waals surface area contributed by atoms with E-state index in [0.29, 0.717) is 36.8 Å². The van der Waals surface area contributed by atoms with Crippen molar-refractivity contribution in [3.8, 4) is 11.5 Å². The number of carbonyl (C=O) groups excluding carboxylic acids is 2. The molecule has 0 aliphatic heterocycles. The Kier molecular flexibility index (Phi) is 8.30. The zero-order valence-corrected chi connectivity index (χ0v) is 16.4. The minimum atomic E-state index is -0.360. The Hall–Kier alpha value is -3.06. The summed E-state index contributed by atoms with van der Waals surface area (Å²) in [5.41, 5.74) is 1.40. The van der Waals surface area contributed by atoms with Gasteiger partial charge in [-0.25, -0.2) is 0 Å². The molecular formula is C21H26N2O5. The number of nitrogens with zero attached hydrogens (tertiary/aromatic N) is 1. The van der Waals surface area contributed by atoms with Crippen molar-refractivity contribution in [1.82, 2.24) is 10.2 Å². The Morgan fingerprint density at radius 3 is 2.32 bits per heavy atom. The van der Waals surface area contributed by atoms with Gasteiger partial charge >= 0.3 is 0 Å². The van der Waals surface area contributed by atoms with Gasteiger partial charge in [-0.15, -0.1) is 0 Å². The third-order valence-electron chi connectivity index (χ3n) is 4.18. The maximum absolute atomic E-state index is 12.6. The first-order valence-electron chi connectivity index (χ1n) is 8.90. The molecule has 0 unspecified atom stereocenters. The second-order valence-electron chi connectivity index (χ2n) is 6.05. The molecule has 0 radical (unpaired) electrons. The molecule has 2 rings (SSSR count). The monoisotopic (exact) mass is 386 g/mol. The van der Waals surface area contributed by atoms with E-state index in [1.54, 1.807) is 30.2 Å². The predicted octanol–water partition coefficient (Wildman–Crippen LogP) is 2.11. The molecule has 0 saturated heterocycles. The number of benzene rings is 2. The molecule has 0 fully saturated rings. The topological polar surface area (TPSA) is 77.1 Å². The van der Waals surface area contributed by atoms with Crippen molar-refractivity contribution in [3.63, 3.8) is 0 Å². The molecule has 0 spiro atoms. The third kappa shape index (κ3) is 5.99. The second-order valence-corrected chi connectivity index (χ2v) is 6.05. The van der Waals surface area contributed by atoms with E-state index in [4.69, 9.17) is 14.2 Å². The summed E-state index contributed by atoms with van der Waals surface area (Å²) >= 11 is 0. The SMILES string of the molecule is COCCN(Cc1ccccc1)C(=O)CNC(=O)c1ccc(OC)c(OC)c1. The molecule has 0 aliphatic carbocycles. The maximum Gasteiger partial charge on any atom is 0.251 e. The standard InChI is InChI=1S/C21H26N2O5/c1-26-12-11-23(15-16-7-5-4-6-8-16)20(24)14-22-21(25)17-9-10-18(27-2)19(13-17)28-3/h4-10,13H,11-12,14-15H2,1-3H3,(H,22,25). The van der Waals surface area contributed by atoms with Gasteiger partial charge in [0.05, 0.1) is 27.4 Å². The van der Waals surface area contributed by atoms with E-state index in [0.717, 1.165) is 5.56 Å². The van der Waals surface area contributed by atoms with E-state index in [9.17, 15) is 9.59 Å². The lowest BCUT2D eigenvalue weighted by atomic mass is 10.2. The molecule has 28 heavy (non-hydrogen) atoms. The molecule has 0 bridgehead atoms. The zero-order chi connectivity index (χ0) is 20.4. The van der Waals surface area contributed by atoms with Crippen LogP contribution in [0.5, 0.6) is 11.5 Å². The van der Waals surface area contributed by atoms with Crippen LogP contribution < -0.4 is 14.8 Å². The first kappa shape index (κ1) is 21.2. The highest BCUT2D eigenvalue weighted by Gasteiger charge is 2.16. The van der Waals surface area contributed by atoms with Gasteiger partial charge in [-0.3, -0.25) is 9.59 Å². The molecule has 150 valence electrons. The van der Waals surface area contributed by atoms with Crippen LogP contribution in [0.4, 0.5) is 0 Å². The molecule has 2 aromatic carbocycles. The van der Waals surface area contributed by atoms with Gasteiger partial charge in [0.1, 0.15) is 0 Å². The summed E-state index contributed by atoms with van der Waals surface area (Å²) in [7, 11) is 4.61. The largest absolute Gasteiger partial charge is 0.493 e. The summed E-state index contributed by atoms with van der Waals surface area (Å²) in [4.78, 5) is 26.7. The number of hydrogen-bond acceptors (Lipinski definition) is 5. The highest BCUT2D eigenvalue weighted by atomic mass is 16.5. The van der Waals surface area contributed by atoms with Crippen LogP contribution in [0.3, 0.4) is 0 Å². The fourth-order valence-corrected chi connectivity index (χ4v) is 2.64. The average molecular weight is 386 g/mol. The number of carbonyl (C=O) groups is 2. The summed E-state index contributed by atoms with van der Waals surface area (Å²) in [6.45, 7) is 1.21. The van der Waals surface area contributed by atoms with Crippen LogP contribution >= 0.6 is 0 Å². The third-order valence-corrected chi connectivity index (χ3v) is 4.18. The summed E-state index contributed by atoms with van der Waals surface area (Å²) in [5.74, 6) is 0.437. The normalized spacial score (nSPS) is 10.2. The van der Waals surface area contributed by atoms with Gasteiger partial charge in [0.15, 0.2) is 11.5 Å². The molecule has 7 nitrogen and oxygen atoms in total. The Morgan fingerprint density at radius 1 is 0.964 bits per heavy atom. The van der Waals surface area contributed by atoms with Crippen molar-refractivity contribution in [1.29, 1.82) is 0 Å². The van der Waals surface area contributed by atoms with Crippen molar-refractivity contribution in [2.45, 2.75) is 6.54 Å². The summed E-state index contributed by atoms with van der Waals surface area (Å²) in [5, 5.41) is 2.66. The van der Waals surface area contributed by atoms with E-state index in [2.05, 4.69) is 5.32 Å². The number of hydrogen-bond donors (Lipinski definition) is 1. The van der Waals surface area contributed by atoms with Crippen LogP contribution in [0.1, 0.15) is 15.9 Å². The fourth-order valence-electron chi connectivity index (χ4n) is 2.64. The van der Waals surface area contributed by atoms with Crippen molar-refractivity contribution < 1.29 is 23.8 Å². The lowest BCUT2D eigenvalue weighted by Crippen LogP contribution is -2.41. The average Bonchev–Trinajstić information content (AvgIpc) is 2.74. The van der Waals surface area contributed by atoms with E-state index in [1.165, 1.54) is 14.2 Å². The molecule has 0 aromatic heterocycles. The van der Waals surface area contributed by atoms with Crippen LogP contribution in [-0.2, 0) is 16.1 Å². The smallest absolute Gasteiger partial charge is 0.251 e. The lowest BCUT2D eigenvalue weighted by molar-refractivity contribution is -0.131. The Labute approximate surface area is 165 Å². The predicted molar refractivity (Wildman–Crippen MR) is 106 cm³/mol. The molecule has 0 atom stereocenters. The van der Waals surface area contributed by atoms with Gasteiger partial charge in [0, 0.05) is 25.8 Å². The lowest BCUT2D eigenvalue weighted by Gasteiger charge is -2.23. The highest BCUT2D eigenvalue weighted by molar-refractivity contribution is 5.97. The zero-order valence-electron chi connectivity index (χ0n) is 16.4. The van der Waals surface area contributed by atoms with Crippen LogP contribution in [0, 0.1) is 0 Å². The van der Waals surface area contributed by atoms with Crippen molar-refractivity contribution in [2.24, 2.45) is 0 Å². The van der Waals surface area contributed by atoms with Gasteiger partial charge in [0.2, 0.25) is 5.91 Å². The van der Waals surface area contributed by atoms with E-state index >= 15 is 0 Å². The Bertz CT molecular complexity index is 780. The quantitative estimate of drug-likeness (QED) is 0.677. The van der Waals surface area contributed by atoms with Gasteiger partial charge < -0.3 is 24.4 Å². The fraction of sp³-hybridized carbons (Fsp3) is 0.333. The van der Waals surface area contributed by atoms with Gasteiger partial charge in [0.25, 0.3) is 5.91 Å². The number of rotatable bonds is 10. The van der Waals surface area contributed by atoms with Crippen molar-refractivity contribution >= 4 is 11.8 Å². The molecule has 2 amide bonds. The Balaban J connectivity index is 1.99. The van der Waals surface area contributed by atoms with Crippen LogP contribution in [-0.4, -0.2) is 57.7 Å². The van der Waals surface area contributed by atoms with Crippen LogP contribution in [0.15, 0.2) is 48.5 Å². The first-order chi connectivity index (χ1) is 13.6. The minimum absolute atomic E-state index is 0.107. The molecule has 2 aromatic rings. The number of methoxy groups -OCH3 is 3. The highest BCUT2D eigenvalue weighted by Crippen LogP contribution is 2.27. The molecule has 0 aliphatic rings. The maximum atomic E-state index is 12.6. The van der Waals surface area contributed by atoms with Gasteiger partial charge in [-0.05, 0) is 23.8 Å². The van der Waals surface area contributed by atoms with Crippen molar-refractivity contribution in [2.75, 3.05) is 41.0 Å².